The van der Waals surface area contributed by atoms with Gasteiger partial charge in [0, 0.05) is 11.6 Å². The first kappa shape index (κ1) is 15.8. The summed E-state index contributed by atoms with van der Waals surface area (Å²) in [7, 11) is 0. The number of hydrogen-bond acceptors (Lipinski definition) is 5. The molecule has 19 heavy (non-hydrogen) atoms. The van der Waals surface area contributed by atoms with Crippen molar-refractivity contribution in [2.75, 3.05) is 33.0 Å². The van der Waals surface area contributed by atoms with Crippen LogP contribution in [0, 0.1) is 0 Å². The topological polar surface area (TPSA) is 68.2 Å². The maximum atomic E-state index is 9.24. The van der Waals surface area contributed by atoms with E-state index in [1.807, 2.05) is 13.0 Å². The molecule has 0 aliphatic heterocycles. The van der Waals surface area contributed by atoms with Crippen molar-refractivity contribution in [1.29, 1.82) is 0 Å². The van der Waals surface area contributed by atoms with E-state index >= 15 is 0 Å². The molecular formula is C14H22O5. The lowest BCUT2D eigenvalue weighted by Gasteiger charge is -2.12. The molecule has 0 saturated carbocycles. The SMILES string of the molecule is CCCOc1ccc(CO)c(OCCOCCO)c1. The minimum absolute atomic E-state index is 0.00222. The molecule has 0 fully saturated rings. The van der Waals surface area contributed by atoms with Crippen molar-refractivity contribution in [2.45, 2.75) is 20.0 Å². The highest BCUT2D eigenvalue weighted by molar-refractivity contribution is 5.40. The van der Waals surface area contributed by atoms with Gasteiger partial charge in [0.15, 0.2) is 0 Å². The van der Waals surface area contributed by atoms with E-state index in [1.54, 1.807) is 12.1 Å². The van der Waals surface area contributed by atoms with Crippen LogP contribution in [0.1, 0.15) is 18.9 Å². The number of aliphatic hydroxyl groups excluding tert-OH is 2. The molecule has 2 N–H and O–H groups in total. The number of rotatable bonds is 10. The first-order valence-electron chi connectivity index (χ1n) is 6.49. The smallest absolute Gasteiger partial charge is 0.128 e. The predicted octanol–water partition coefficient (Wildman–Crippen LogP) is 1.36. The van der Waals surface area contributed by atoms with Gasteiger partial charge in [-0.3, -0.25) is 0 Å². The van der Waals surface area contributed by atoms with Crippen LogP contribution in [0.25, 0.3) is 0 Å². The van der Waals surface area contributed by atoms with Crippen molar-refractivity contribution >= 4 is 0 Å². The van der Waals surface area contributed by atoms with Crippen LogP contribution in [0.5, 0.6) is 11.5 Å². The molecule has 0 unspecified atom stereocenters. The Labute approximate surface area is 113 Å². The van der Waals surface area contributed by atoms with E-state index in [-0.39, 0.29) is 13.2 Å². The zero-order valence-corrected chi connectivity index (χ0v) is 11.3. The summed E-state index contributed by atoms with van der Waals surface area (Å²) in [5, 5.41) is 17.8. The van der Waals surface area contributed by atoms with Gasteiger partial charge < -0.3 is 24.4 Å². The number of aliphatic hydroxyl groups is 2. The van der Waals surface area contributed by atoms with Crippen molar-refractivity contribution in [3.05, 3.63) is 23.8 Å². The largest absolute Gasteiger partial charge is 0.493 e. The number of benzene rings is 1. The highest BCUT2D eigenvalue weighted by Crippen LogP contribution is 2.25. The van der Waals surface area contributed by atoms with Gasteiger partial charge >= 0.3 is 0 Å². The van der Waals surface area contributed by atoms with Crippen molar-refractivity contribution in [3.63, 3.8) is 0 Å². The molecule has 5 heteroatoms. The highest BCUT2D eigenvalue weighted by atomic mass is 16.5. The molecule has 0 amide bonds. The first-order valence-corrected chi connectivity index (χ1v) is 6.49. The molecule has 0 spiro atoms. The maximum absolute atomic E-state index is 9.24. The lowest BCUT2D eigenvalue weighted by atomic mass is 10.2. The minimum Gasteiger partial charge on any atom is -0.493 e. The second-order valence-electron chi connectivity index (χ2n) is 3.96. The van der Waals surface area contributed by atoms with Gasteiger partial charge in [0.05, 0.1) is 33.0 Å². The Morgan fingerprint density at radius 1 is 1.00 bits per heavy atom. The van der Waals surface area contributed by atoms with Gasteiger partial charge in [-0.15, -0.1) is 0 Å². The van der Waals surface area contributed by atoms with Crippen LogP contribution in [-0.4, -0.2) is 43.2 Å². The van der Waals surface area contributed by atoms with Crippen LogP contribution in [0.2, 0.25) is 0 Å². The summed E-state index contributed by atoms with van der Waals surface area (Å²) in [6.45, 7) is 3.67. The van der Waals surface area contributed by atoms with Gasteiger partial charge in [-0.05, 0) is 18.6 Å². The lowest BCUT2D eigenvalue weighted by Crippen LogP contribution is -2.10. The van der Waals surface area contributed by atoms with E-state index in [4.69, 9.17) is 19.3 Å². The fraction of sp³-hybridized carbons (Fsp3) is 0.571. The van der Waals surface area contributed by atoms with Gasteiger partial charge in [-0.1, -0.05) is 6.92 Å². The molecule has 1 aromatic rings. The molecule has 0 atom stereocenters. The van der Waals surface area contributed by atoms with Crippen LogP contribution in [0.15, 0.2) is 18.2 Å². The van der Waals surface area contributed by atoms with Crippen LogP contribution < -0.4 is 9.47 Å². The zero-order chi connectivity index (χ0) is 13.9. The first-order chi connectivity index (χ1) is 9.31. The van der Waals surface area contributed by atoms with Crippen LogP contribution >= 0.6 is 0 Å². The predicted molar refractivity (Wildman–Crippen MR) is 71.6 cm³/mol. The molecule has 108 valence electrons. The van der Waals surface area contributed by atoms with E-state index in [0.717, 1.165) is 12.2 Å². The Morgan fingerprint density at radius 3 is 2.53 bits per heavy atom. The Hall–Kier alpha value is -1.30. The number of hydrogen-bond donors (Lipinski definition) is 2. The van der Waals surface area contributed by atoms with Crippen molar-refractivity contribution in [2.24, 2.45) is 0 Å². The maximum Gasteiger partial charge on any atom is 0.128 e. The van der Waals surface area contributed by atoms with Crippen LogP contribution in [-0.2, 0) is 11.3 Å². The van der Waals surface area contributed by atoms with Crippen LogP contribution in [0.3, 0.4) is 0 Å². The molecule has 1 aromatic carbocycles. The third kappa shape index (κ3) is 5.92. The average Bonchev–Trinajstić information content (AvgIpc) is 2.45. The zero-order valence-electron chi connectivity index (χ0n) is 11.3. The molecule has 0 aliphatic rings. The normalized spacial score (nSPS) is 10.5. The third-order valence-electron chi connectivity index (χ3n) is 2.40. The molecular weight excluding hydrogens is 248 g/mol. The molecule has 0 aromatic heterocycles. The molecule has 0 heterocycles. The van der Waals surface area contributed by atoms with E-state index < -0.39 is 0 Å². The van der Waals surface area contributed by atoms with Gasteiger partial charge in [-0.25, -0.2) is 0 Å². The number of ether oxygens (including phenoxy) is 3. The van der Waals surface area contributed by atoms with Gasteiger partial charge in [0.2, 0.25) is 0 Å². The van der Waals surface area contributed by atoms with Gasteiger partial charge in [0.1, 0.15) is 18.1 Å². The van der Waals surface area contributed by atoms with E-state index in [2.05, 4.69) is 0 Å². The summed E-state index contributed by atoms with van der Waals surface area (Å²) in [6, 6.07) is 5.37. The Kier molecular flexibility index (Phi) is 7.97. The Bertz CT molecular complexity index is 354. The van der Waals surface area contributed by atoms with Gasteiger partial charge in [0.25, 0.3) is 0 Å². The van der Waals surface area contributed by atoms with Crippen LogP contribution in [0.4, 0.5) is 0 Å². The quantitative estimate of drug-likeness (QED) is 0.628. The summed E-state index contributed by atoms with van der Waals surface area (Å²) in [5.41, 5.74) is 0.714. The molecule has 0 saturated heterocycles. The molecule has 5 nitrogen and oxygen atoms in total. The second-order valence-corrected chi connectivity index (χ2v) is 3.96. The Morgan fingerprint density at radius 2 is 1.84 bits per heavy atom. The summed E-state index contributed by atoms with van der Waals surface area (Å²) < 4.78 is 16.2. The lowest BCUT2D eigenvalue weighted by molar-refractivity contribution is 0.0699. The van der Waals surface area contributed by atoms with E-state index in [9.17, 15) is 5.11 Å². The minimum atomic E-state index is -0.0825. The van der Waals surface area contributed by atoms with Crippen molar-refractivity contribution in [1.82, 2.24) is 0 Å². The standard InChI is InChI=1S/C14H22O5/c1-2-6-18-13-4-3-12(11-16)14(10-13)19-9-8-17-7-5-15/h3-4,10,15-16H,2,5-9,11H2,1H3. The summed E-state index contributed by atoms with van der Waals surface area (Å²) in [6.07, 6.45) is 0.937. The van der Waals surface area contributed by atoms with E-state index in [1.165, 1.54) is 0 Å². The van der Waals surface area contributed by atoms with Gasteiger partial charge in [-0.2, -0.15) is 0 Å². The van der Waals surface area contributed by atoms with Crippen molar-refractivity contribution in [3.8, 4) is 11.5 Å². The second kappa shape index (κ2) is 9.61. The molecule has 1 rings (SSSR count). The highest BCUT2D eigenvalue weighted by Gasteiger charge is 2.05. The Balaban J connectivity index is 2.52. The van der Waals surface area contributed by atoms with Crippen molar-refractivity contribution < 1.29 is 24.4 Å². The summed E-state index contributed by atoms with van der Waals surface area (Å²) in [5.74, 6) is 1.33. The summed E-state index contributed by atoms with van der Waals surface area (Å²) in [4.78, 5) is 0. The average molecular weight is 270 g/mol. The molecule has 0 bridgehead atoms. The fourth-order valence-corrected chi connectivity index (χ4v) is 1.49. The van der Waals surface area contributed by atoms with E-state index in [0.29, 0.717) is 37.7 Å². The third-order valence-corrected chi connectivity index (χ3v) is 2.40. The molecule has 0 radical (unpaired) electrons. The monoisotopic (exact) mass is 270 g/mol. The fourth-order valence-electron chi connectivity index (χ4n) is 1.49. The molecule has 0 aliphatic carbocycles. The summed E-state index contributed by atoms with van der Waals surface area (Å²) >= 11 is 0.